The smallest absolute Gasteiger partial charge is 0.302 e. The molecule has 5 nitrogen and oxygen atoms in total. The number of hydrogen-bond acceptors (Lipinski definition) is 4. The minimum Gasteiger partial charge on any atom is -0.464 e. The average Bonchev–Trinajstić information content (AvgIpc) is 2.71. The van der Waals surface area contributed by atoms with Crippen molar-refractivity contribution in [2.45, 2.75) is 0 Å². The van der Waals surface area contributed by atoms with Gasteiger partial charge in [-0.2, -0.15) is 0 Å². The van der Waals surface area contributed by atoms with Crippen LogP contribution in [0.5, 0.6) is 0 Å². The van der Waals surface area contributed by atoms with Crippen molar-refractivity contribution >= 4 is 21.6 Å². The van der Waals surface area contributed by atoms with Crippen LogP contribution < -0.4 is 0 Å². The first kappa shape index (κ1) is 9.85. The van der Waals surface area contributed by atoms with E-state index in [9.17, 15) is 10.1 Å². The maximum atomic E-state index is 10.6. The van der Waals surface area contributed by atoms with Crippen molar-refractivity contribution in [3.05, 3.63) is 45.4 Å². The Bertz CT molecular complexity index is 496. The molecule has 0 spiro atoms. The molecule has 2 rings (SSSR count). The van der Waals surface area contributed by atoms with Crippen molar-refractivity contribution in [1.29, 1.82) is 0 Å². The maximum absolute atomic E-state index is 10.6. The van der Waals surface area contributed by atoms with Gasteiger partial charge in [-0.05, 0) is 28.1 Å². The highest BCUT2D eigenvalue weighted by Crippen LogP contribution is 2.28. The first-order valence-corrected chi connectivity index (χ1v) is 4.81. The third-order valence-corrected chi connectivity index (χ3v) is 2.43. The Labute approximate surface area is 93.0 Å². The summed E-state index contributed by atoms with van der Waals surface area (Å²) in [4.78, 5) is 14.0. The molecule has 0 aliphatic heterocycles. The quantitative estimate of drug-likeness (QED) is 0.477. The topological polar surface area (TPSA) is 69.2 Å². The van der Waals surface area contributed by atoms with Crippen LogP contribution in [0.2, 0.25) is 0 Å². The molecule has 2 aromatic rings. The summed E-state index contributed by atoms with van der Waals surface area (Å²) in [5.74, 6) is 0.554. The summed E-state index contributed by atoms with van der Waals surface area (Å²) in [5.41, 5.74) is 0.499. The Kier molecular flexibility index (Phi) is 2.51. The van der Waals surface area contributed by atoms with E-state index in [-0.39, 0.29) is 10.3 Å². The van der Waals surface area contributed by atoms with Crippen LogP contribution in [0, 0.1) is 10.1 Å². The minimum atomic E-state index is -0.497. The fourth-order valence-corrected chi connectivity index (χ4v) is 1.50. The summed E-state index contributed by atoms with van der Waals surface area (Å²) in [6, 6.07) is 4.84. The molecule has 2 heterocycles. The summed E-state index contributed by atoms with van der Waals surface area (Å²) in [6.45, 7) is 0. The summed E-state index contributed by atoms with van der Waals surface area (Å²) in [5, 5.41) is 10.6. The number of nitrogens with zero attached hydrogens (tertiary/aromatic N) is 2. The molecule has 0 aromatic carbocycles. The van der Waals surface area contributed by atoms with Crippen LogP contribution in [-0.4, -0.2) is 9.91 Å². The first-order valence-electron chi connectivity index (χ1n) is 4.02. The molecule has 0 amide bonds. The van der Waals surface area contributed by atoms with Crippen LogP contribution in [0.4, 0.5) is 5.69 Å². The van der Waals surface area contributed by atoms with Gasteiger partial charge in [-0.25, -0.2) is 4.98 Å². The Morgan fingerprint density at radius 3 is 2.93 bits per heavy atom. The lowest BCUT2D eigenvalue weighted by atomic mass is 10.2. The van der Waals surface area contributed by atoms with Crippen molar-refractivity contribution in [2.75, 3.05) is 0 Å². The molecule has 0 radical (unpaired) electrons. The fourth-order valence-electron chi connectivity index (χ4n) is 1.14. The Morgan fingerprint density at radius 2 is 2.33 bits per heavy atom. The minimum absolute atomic E-state index is 0.0797. The standard InChI is InChI=1S/C9H5BrN2O3/c10-9-7(12(13)14)4-6(5-11-9)8-2-1-3-15-8/h1-5H. The summed E-state index contributed by atoms with van der Waals surface area (Å²) in [6.07, 6.45) is 3.01. The fraction of sp³-hybridized carbons (Fsp3) is 0. The zero-order valence-corrected chi connectivity index (χ0v) is 8.97. The SMILES string of the molecule is O=[N+]([O-])c1cc(-c2ccco2)cnc1Br. The van der Waals surface area contributed by atoms with E-state index in [2.05, 4.69) is 20.9 Å². The molecule has 6 heteroatoms. The van der Waals surface area contributed by atoms with Gasteiger partial charge >= 0.3 is 5.69 Å². The molecule has 2 aromatic heterocycles. The zero-order chi connectivity index (χ0) is 10.8. The number of halogens is 1. The largest absolute Gasteiger partial charge is 0.464 e. The third-order valence-electron chi connectivity index (χ3n) is 1.82. The molecule has 0 aliphatic rings. The van der Waals surface area contributed by atoms with Gasteiger partial charge in [-0.15, -0.1) is 0 Å². The molecule has 0 saturated heterocycles. The van der Waals surface area contributed by atoms with Gasteiger partial charge in [0.15, 0.2) is 4.60 Å². The highest BCUT2D eigenvalue weighted by Gasteiger charge is 2.15. The number of nitro groups is 1. The van der Waals surface area contributed by atoms with E-state index in [0.29, 0.717) is 11.3 Å². The average molecular weight is 269 g/mol. The van der Waals surface area contributed by atoms with Crippen molar-refractivity contribution in [3.63, 3.8) is 0 Å². The molecule has 0 unspecified atom stereocenters. The predicted molar refractivity (Wildman–Crippen MR) is 56.3 cm³/mol. The van der Waals surface area contributed by atoms with E-state index >= 15 is 0 Å². The monoisotopic (exact) mass is 268 g/mol. The molecular formula is C9H5BrN2O3. The van der Waals surface area contributed by atoms with E-state index in [1.54, 1.807) is 12.1 Å². The molecule has 0 N–H and O–H groups in total. The first-order chi connectivity index (χ1) is 7.18. The van der Waals surface area contributed by atoms with Gasteiger partial charge in [0.2, 0.25) is 0 Å². The van der Waals surface area contributed by atoms with Gasteiger partial charge in [0.25, 0.3) is 0 Å². The van der Waals surface area contributed by atoms with E-state index in [0.717, 1.165) is 0 Å². The van der Waals surface area contributed by atoms with E-state index in [1.165, 1.54) is 18.5 Å². The van der Waals surface area contributed by atoms with Crippen molar-refractivity contribution < 1.29 is 9.34 Å². The molecule has 0 saturated carbocycles. The van der Waals surface area contributed by atoms with Crippen molar-refractivity contribution in [2.24, 2.45) is 0 Å². The molecule has 0 bridgehead atoms. The van der Waals surface area contributed by atoms with Crippen LogP contribution in [0.15, 0.2) is 39.7 Å². The van der Waals surface area contributed by atoms with Crippen LogP contribution >= 0.6 is 15.9 Å². The van der Waals surface area contributed by atoms with Gasteiger partial charge in [0, 0.05) is 17.8 Å². The summed E-state index contributed by atoms with van der Waals surface area (Å²) < 4.78 is 5.33. The molecule has 76 valence electrons. The number of hydrogen-bond donors (Lipinski definition) is 0. The number of pyridine rings is 1. The maximum Gasteiger partial charge on any atom is 0.302 e. The Morgan fingerprint density at radius 1 is 1.53 bits per heavy atom. The second-order valence-electron chi connectivity index (χ2n) is 2.77. The van der Waals surface area contributed by atoms with Gasteiger partial charge in [-0.3, -0.25) is 10.1 Å². The molecule has 0 fully saturated rings. The zero-order valence-electron chi connectivity index (χ0n) is 7.38. The number of aromatic nitrogens is 1. The molecule has 0 atom stereocenters. The molecule has 0 aliphatic carbocycles. The van der Waals surface area contributed by atoms with Crippen LogP contribution in [0.1, 0.15) is 0 Å². The van der Waals surface area contributed by atoms with Gasteiger partial charge in [0.05, 0.1) is 11.2 Å². The van der Waals surface area contributed by atoms with Crippen LogP contribution in [0.25, 0.3) is 11.3 Å². The highest BCUT2D eigenvalue weighted by molar-refractivity contribution is 9.10. The van der Waals surface area contributed by atoms with Crippen LogP contribution in [-0.2, 0) is 0 Å². The predicted octanol–water partition coefficient (Wildman–Crippen LogP) is 3.01. The lowest BCUT2D eigenvalue weighted by molar-refractivity contribution is -0.386. The van der Waals surface area contributed by atoms with Gasteiger partial charge < -0.3 is 4.42 Å². The summed E-state index contributed by atoms with van der Waals surface area (Å²) >= 11 is 3.01. The number of furan rings is 1. The summed E-state index contributed by atoms with van der Waals surface area (Å²) in [7, 11) is 0. The van der Waals surface area contributed by atoms with Crippen molar-refractivity contribution in [1.82, 2.24) is 4.98 Å². The Balaban J connectivity index is 2.52. The van der Waals surface area contributed by atoms with Crippen molar-refractivity contribution in [3.8, 4) is 11.3 Å². The highest BCUT2D eigenvalue weighted by atomic mass is 79.9. The van der Waals surface area contributed by atoms with Gasteiger partial charge in [-0.1, -0.05) is 0 Å². The normalized spacial score (nSPS) is 10.2. The third kappa shape index (κ3) is 1.89. The Hall–Kier alpha value is -1.69. The van der Waals surface area contributed by atoms with Gasteiger partial charge in [0.1, 0.15) is 5.76 Å². The van der Waals surface area contributed by atoms with Crippen LogP contribution in [0.3, 0.4) is 0 Å². The molecular weight excluding hydrogens is 264 g/mol. The lowest BCUT2D eigenvalue weighted by Crippen LogP contribution is -1.92. The second-order valence-corrected chi connectivity index (χ2v) is 3.52. The second kappa shape index (κ2) is 3.82. The van der Waals surface area contributed by atoms with E-state index < -0.39 is 4.92 Å². The van der Waals surface area contributed by atoms with E-state index in [1.807, 2.05) is 0 Å². The number of rotatable bonds is 2. The lowest BCUT2D eigenvalue weighted by Gasteiger charge is -1.98. The van der Waals surface area contributed by atoms with E-state index in [4.69, 9.17) is 4.42 Å². The molecule has 15 heavy (non-hydrogen) atoms.